The van der Waals surface area contributed by atoms with Gasteiger partial charge in [0, 0.05) is 16.6 Å². The van der Waals surface area contributed by atoms with Crippen LogP contribution in [0.1, 0.15) is 18.1 Å². The Morgan fingerprint density at radius 3 is 2.62 bits per heavy atom. The Morgan fingerprint density at radius 2 is 1.96 bits per heavy atom. The molecule has 0 saturated carbocycles. The Kier molecular flexibility index (Phi) is 7.21. The van der Waals surface area contributed by atoms with Gasteiger partial charge in [-0.1, -0.05) is 46.3 Å². The molecular weight excluding hydrogens is 375 g/mol. The highest BCUT2D eigenvalue weighted by Crippen LogP contribution is 2.27. The van der Waals surface area contributed by atoms with Gasteiger partial charge in [0.05, 0.1) is 0 Å². The Bertz CT molecular complexity index is 667. The lowest BCUT2D eigenvalue weighted by atomic mass is 10.1. The number of rotatable bonds is 8. The minimum Gasteiger partial charge on any atom is -0.473 e. The van der Waals surface area contributed by atoms with E-state index in [0.717, 1.165) is 13.0 Å². The number of amides is 1. The van der Waals surface area contributed by atoms with Gasteiger partial charge in [-0.15, -0.1) is 0 Å². The molecule has 24 heavy (non-hydrogen) atoms. The lowest BCUT2D eigenvalue weighted by molar-refractivity contribution is -0.128. The number of halogens is 2. The van der Waals surface area contributed by atoms with E-state index in [2.05, 4.69) is 26.6 Å². The number of hydrogen-bond acceptors (Lipinski definition) is 3. The Balaban J connectivity index is 2.15. The molecule has 0 bridgehead atoms. The predicted molar refractivity (Wildman–Crippen MR) is 95.5 cm³/mol. The summed E-state index contributed by atoms with van der Waals surface area (Å²) in [4.78, 5) is 12.5. The quantitative estimate of drug-likeness (QED) is 0.674. The maximum atomic E-state index is 14.0. The third kappa shape index (κ3) is 5.32. The van der Waals surface area contributed by atoms with Crippen molar-refractivity contribution >= 4 is 21.8 Å². The Hall–Kier alpha value is -1.92. The molecule has 0 fully saturated rings. The average molecular weight is 395 g/mol. The second-order valence-corrected chi connectivity index (χ2v) is 6.15. The van der Waals surface area contributed by atoms with E-state index in [1.54, 1.807) is 18.2 Å². The van der Waals surface area contributed by atoms with E-state index in [4.69, 9.17) is 4.74 Å². The highest BCUT2D eigenvalue weighted by atomic mass is 79.9. The van der Waals surface area contributed by atoms with Crippen LogP contribution in [0, 0.1) is 5.82 Å². The van der Waals surface area contributed by atoms with Crippen molar-refractivity contribution in [3.63, 3.8) is 0 Å². The highest BCUT2D eigenvalue weighted by Gasteiger charge is 2.23. The van der Waals surface area contributed by atoms with E-state index in [9.17, 15) is 9.18 Å². The first-order valence-corrected chi connectivity index (χ1v) is 8.50. The van der Waals surface area contributed by atoms with Gasteiger partial charge in [-0.05, 0) is 38.2 Å². The molecular formula is C18H20BrFN2O2. The zero-order chi connectivity index (χ0) is 17.4. The molecule has 0 saturated heterocycles. The molecule has 0 aromatic heterocycles. The average Bonchev–Trinajstić information content (AvgIpc) is 2.58. The van der Waals surface area contributed by atoms with Crippen LogP contribution in [-0.4, -0.2) is 26.0 Å². The van der Waals surface area contributed by atoms with Crippen molar-refractivity contribution in [2.24, 2.45) is 0 Å². The zero-order valence-electron chi connectivity index (χ0n) is 13.4. The van der Waals surface area contributed by atoms with Gasteiger partial charge in [-0.25, -0.2) is 4.39 Å². The molecule has 128 valence electrons. The van der Waals surface area contributed by atoms with Crippen LogP contribution in [0.25, 0.3) is 0 Å². The summed E-state index contributed by atoms with van der Waals surface area (Å²) in [6.07, 6.45) is -0.104. The van der Waals surface area contributed by atoms with Crippen molar-refractivity contribution in [1.29, 1.82) is 0 Å². The van der Waals surface area contributed by atoms with E-state index in [0.29, 0.717) is 16.6 Å². The first-order chi connectivity index (χ1) is 11.6. The summed E-state index contributed by atoms with van der Waals surface area (Å²) in [5.41, 5.74) is 0.672. The van der Waals surface area contributed by atoms with E-state index in [1.807, 2.05) is 25.2 Å². The standard InChI is InChI=1S/C18H20BrFN2O2/c1-21-10-5-11-22-18(23)17(13-6-3-2-4-7-13)24-16-9-8-14(19)12-15(16)20/h2-4,6-9,12,17,21H,5,10-11H2,1H3,(H,22,23). The van der Waals surface area contributed by atoms with Gasteiger partial charge in [-0.3, -0.25) is 4.79 Å². The number of carbonyl (C=O) groups is 1. The van der Waals surface area contributed by atoms with Crippen molar-refractivity contribution < 1.29 is 13.9 Å². The van der Waals surface area contributed by atoms with Gasteiger partial charge in [-0.2, -0.15) is 0 Å². The molecule has 0 aliphatic carbocycles. The lowest BCUT2D eigenvalue weighted by Gasteiger charge is -2.19. The minimum atomic E-state index is -0.906. The fourth-order valence-electron chi connectivity index (χ4n) is 2.17. The first-order valence-electron chi connectivity index (χ1n) is 7.71. The van der Waals surface area contributed by atoms with Crippen LogP contribution in [0.3, 0.4) is 0 Å². The minimum absolute atomic E-state index is 0.0393. The van der Waals surface area contributed by atoms with Gasteiger partial charge < -0.3 is 15.4 Å². The third-order valence-corrected chi connectivity index (χ3v) is 3.88. The number of ether oxygens (including phenoxy) is 1. The van der Waals surface area contributed by atoms with E-state index in [1.165, 1.54) is 12.1 Å². The van der Waals surface area contributed by atoms with Crippen molar-refractivity contribution in [3.8, 4) is 5.75 Å². The van der Waals surface area contributed by atoms with Crippen LogP contribution in [0.5, 0.6) is 5.75 Å². The van der Waals surface area contributed by atoms with E-state index < -0.39 is 11.9 Å². The monoisotopic (exact) mass is 394 g/mol. The first kappa shape index (κ1) is 18.4. The molecule has 2 aromatic rings. The topological polar surface area (TPSA) is 50.4 Å². The van der Waals surface area contributed by atoms with Crippen molar-refractivity contribution in [1.82, 2.24) is 10.6 Å². The lowest BCUT2D eigenvalue weighted by Crippen LogP contribution is -2.34. The van der Waals surface area contributed by atoms with Crippen LogP contribution >= 0.6 is 15.9 Å². The predicted octanol–water partition coefficient (Wildman–Crippen LogP) is 3.43. The second kappa shape index (κ2) is 9.39. The maximum absolute atomic E-state index is 14.0. The molecule has 0 spiro atoms. The van der Waals surface area contributed by atoms with Gasteiger partial charge in [0.1, 0.15) is 0 Å². The smallest absolute Gasteiger partial charge is 0.265 e. The largest absolute Gasteiger partial charge is 0.473 e. The summed E-state index contributed by atoms with van der Waals surface area (Å²) in [5.74, 6) is -0.773. The van der Waals surface area contributed by atoms with Crippen LogP contribution in [0.15, 0.2) is 53.0 Å². The van der Waals surface area contributed by atoms with E-state index >= 15 is 0 Å². The summed E-state index contributed by atoms with van der Waals surface area (Å²) < 4.78 is 20.3. The Labute approximate surface area is 149 Å². The van der Waals surface area contributed by atoms with Crippen molar-refractivity contribution in [2.45, 2.75) is 12.5 Å². The molecule has 2 rings (SSSR count). The molecule has 1 amide bonds. The SMILES string of the molecule is CNCCCNC(=O)C(Oc1ccc(Br)cc1F)c1ccccc1. The molecule has 2 aromatic carbocycles. The number of benzene rings is 2. The van der Waals surface area contributed by atoms with Gasteiger partial charge in [0.2, 0.25) is 6.10 Å². The molecule has 1 atom stereocenters. The fourth-order valence-corrected chi connectivity index (χ4v) is 2.50. The fraction of sp³-hybridized carbons (Fsp3) is 0.278. The van der Waals surface area contributed by atoms with Gasteiger partial charge in [0.25, 0.3) is 5.91 Å². The summed E-state index contributed by atoms with van der Waals surface area (Å²) in [6.45, 7) is 1.33. The van der Waals surface area contributed by atoms with Crippen LogP contribution in [0.2, 0.25) is 0 Å². The van der Waals surface area contributed by atoms with Crippen molar-refractivity contribution in [3.05, 3.63) is 64.4 Å². The molecule has 0 heterocycles. The summed E-state index contributed by atoms with van der Waals surface area (Å²) in [6, 6.07) is 13.5. The molecule has 1 unspecified atom stereocenters. The zero-order valence-corrected chi connectivity index (χ0v) is 15.0. The number of hydrogen-bond donors (Lipinski definition) is 2. The summed E-state index contributed by atoms with van der Waals surface area (Å²) >= 11 is 3.20. The second-order valence-electron chi connectivity index (χ2n) is 5.23. The van der Waals surface area contributed by atoms with Crippen LogP contribution in [-0.2, 0) is 4.79 Å². The molecule has 0 radical (unpaired) electrons. The normalized spacial score (nSPS) is 11.8. The van der Waals surface area contributed by atoms with Crippen LogP contribution < -0.4 is 15.4 Å². The highest BCUT2D eigenvalue weighted by molar-refractivity contribution is 9.10. The summed E-state index contributed by atoms with van der Waals surface area (Å²) in [7, 11) is 1.86. The van der Waals surface area contributed by atoms with Gasteiger partial charge in [0.15, 0.2) is 11.6 Å². The maximum Gasteiger partial charge on any atom is 0.265 e. The molecule has 0 aliphatic heterocycles. The van der Waals surface area contributed by atoms with Crippen LogP contribution in [0.4, 0.5) is 4.39 Å². The molecule has 2 N–H and O–H groups in total. The number of carbonyl (C=O) groups excluding carboxylic acids is 1. The van der Waals surface area contributed by atoms with Gasteiger partial charge >= 0.3 is 0 Å². The molecule has 6 heteroatoms. The van der Waals surface area contributed by atoms with E-state index in [-0.39, 0.29) is 11.7 Å². The summed E-state index contributed by atoms with van der Waals surface area (Å²) in [5, 5.41) is 5.85. The number of nitrogens with one attached hydrogen (secondary N) is 2. The Morgan fingerprint density at radius 1 is 1.21 bits per heavy atom. The van der Waals surface area contributed by atoms with Crippen molar-refractivity contribution in [2.75, 3.05) is 20.1 Å². The third-order valence-electron chi connectivity index (χ3n) is 3.38. The molecule has 0 aliphatic rings. The molecule has 4 nitrogen and oxygen atoms in total.